The maximum Gasteiger partial charge on any atom is 0.221 e. The third-order valence-corrected chi connectivity index (χ3v) is 2.24. The van der Waals surface area contributed by atoms with Gasteiger partial charge in [-0.05, 0) is 6.92 Å². The van der Waals surface area contributed by atoms with E-state index < -0.39 is 0 Å². The van der Waals surface area contributed by atoms with E-state index in [0.29, 0.717) is 17.5 Å². The van der Waals surface area contributed by atoms with Crippen molar-refractivity contribution in [2.75, 3.05) is 18.6 Å². The number of nitrogens with two attached hydrogens (primary N) is 1. The summed E-state index contributed by atoms with van der Waals surface area (Å²) in [4.78, 5) is 8.69. The Labute approximate surface area is 101 Å². The number of hydrazine groups is 1. The Bertz CT molecular complexity index is 388. The molecule has 0 unspecified atom stereocenters. The largest absolute Gasteiger partial charge is 0.475 e. The minimum atomic E-state index is -0.198. The third kappa shape index (κ3) is 3.28. The van der Waals surface area contributed by atoms with Gasteiger partial charge in [0.1, 0.15) is 12.4 Å². The molecule has 0 aliphatic carbocycles. The summed E-state index contributed by atoms with van der Waals surface area (Å²) in [5.74, 6) is 7.05. The van der Waals surface area contributed by atoms with Crippen molar-refractivity contribution in [2.45, 2.75) is 33.1 Å². The van der Waals surface area contributed by atoms with Gasteiger partial charge in [-0.3, -0.25) is 0 Å². The Morgan fingerprint density at radius 3 is 2.47 bits per heavy atom. The Hall–Kier alpha value is -1.40. The maximum absolute atomic E-state index is 8.77. The molecular weight excluding hydrogens is 220 g/mol. The summed E-state index contributed by atoms with van der Waals surface area (Å²) in [7, 11) is 0. The van der Waals surface area contributed by atoms with Crippen LogP contribution in [0.2, 0.25) is 0 Å². The van der Waals surface area contributed by atoms with E-state index in [4.69, 9.17) is 15.7 Å². The molecule has 0 atom stereocenters. The number of aliphatic hydroxyl groups excluding tert-OH is 1. The van der Waals surface area contributed by atoms with Crippen molar-refractivity contribution in [3.8, 4) is 5.88 Å². The predicted molar refractivity (Wildman–Crippen MR) is 65.9 cm³/mol. The van der Waals surface area contributed by atoms with Gasteiger partial charge in [0, 0.05) is 5.41 Å². The molecule has 4 N–H and O–H groups in total. The molecule has 0 aliphatic rings. The van der Waals surface area contributed by atoms with Crippen molar-refractivity contribution in [2.24, 2.45) is 5.84 Å². The molecule has 0 spiro atoms. The van der Waals surface area contributed by atoms with Gasteiger partial charge in [-0.1, -0.05) is 20.8 Å². The van der Waals surface area contributed by atoms with Crippen LogP contribution in [0.25, 0.3) is 0 Å². The van der Waals surface area contributed by atoms with E-state index in [2.05, 4.69) is 15.4 Å². The van der Waals surface area contributed by atoms with Gasteiger partial charge < -0.3 is 15.3 Å². The highest BCUT2D eigenvalue weighted by molar-refractivity contribution is 5.48. The first-order valence-corrected chi connectivity index (χ1v) is 5.49. The number of aliphatic hydroxyl groups is 1. The Kier molecular flexibility index (Phi) is 4.25. The zero-order valence-corrected chi connectivity index (χ0v) is 10.7. The Morgan fingerprint density at radius 2 is 2.00 bits per heavy atom. The van der Waals surface area contributed by atoms with Crippen molar-refractivity contribution in [3.05, 3.63) is 11.4 Å². The molecule has 0 fully saturated rings. The number of ether oxygens (including phenoxy) is 1. The molecule has 1 aromatic heterocycles. The smallest absolute Gasteiger partial charge is 0.221 e. The fourth-order valence-electron chi connectivity index (χ4n) is 1.25. The summed E-state index contributed by atoms with van der Waals surface area (Å²) in [6.45, 7) is 7.98. The molecule has 0 saturated heterocycles. The van der Waals surface area contributed by atoms with Crippen LogP contribution >= 0.6 is 0 Å². The zero-order chi connectivity index (χ0) is 13.1. The topological polar surface area (TPSA) is 93.3 Å². The van der Waals surface area contributed by atoms with E-state index in [9.17, 15) is 0 Å². The summed E-state index contributed by atoms with van der Waals surface area (Å²) in [6.07, 6.45) is 0. The number of hydrogen-bond acceptors (Lipinski definition) is 6. The van der Waals surface area contributed by atoms with E-state index in [0.717, 1.165) is 5.56 Å². The number of anilines is 1. The first kappa shape index (κ1) is 13.7. The molecule has 1 heterocycles. The van der Waals surface area contributed by atoms with Crippen molar-refractivity contribution in [3.63, 3.8) is 0 Å². The van der Waals surface area contributed by atoms with Crippen LogP contribution in [-0.2, 0) is 5.41 Å². The van der Waals surface area contributed by atoms with Crippen LogP contribution in [0.5, 0.6) is 5.88 Å². The lowest BCUT2D eigenvalue weighted by atomic mass is 9.95. The van der Waals surface area contributed by atoms with Crippen molar-refractivity contribution < 1.29 is 9.84 Å². The average molecular weight is 240 g/mol. The number of nitrogens with one attached hydrogen (secondary N) is 1. The molecule has 0 amide bonds. The number of nitrogens with zero attached hydrogens (tertiary/aromatic N) is 2. The lowest BCUT2D eigenvalue weighted by Crippen LogP contribution is -2.21. The van der Waals surface area contributed by atoms with Gasteiger partial charge in [-0.25, -0.2) is 10.8 Å². The predicted octanol–water partition coefficient (Wildman–Crippen LogP) is 0.739. The second kappa shape index (κ2) is 5.29. The van der Waals surface area contributed by atoms with Gasteiger partial charge in [-0.15, -0.1) is 0 Å². The van der Waals surface area contributed by atoms with E-state index in [1.54, 1.807) is 0 Å². The summed E-state index contributed by atoms with van der Waals surface area (Å²) >= 11 is 0. The first-order chi connectivity index (χ1) is 7.90. The minimum Gasteiger partial charge on any atom is -0.475 e. The fourth-order valence-corrected chi connectivity index (χ4v) is 1.25. The molecule has 6 nitrogen and oxygen atoms in total. The van der Waals surface area contributed by atoms with E-state index >= 15 is 0 Å². The minimum absolute atomic E-state index is 0.0559. The normalized spacial score (nSPS) is 11.4. The first-order valence-electron chi connectivity index (χ1n) is 5.49. The van der Waals surface area contributed by atoms with Crippen LogP contribution in [-0.4, -0.2) is 28.3 Å². The van der Waals surface area contributed by atoms with Crippen molar-refractivity contribution >= 4 is 5.82 Å². The van der Waals surface area contributed by atoms with Gasteiger partial charge in [0.05, 0.1) is 12.2 Å². The monoisotopic (exact) mass is 240 g/mol. The second-order valence-electron chi connectivity index (χ2n) is 4.79. The van der Waals surface area contributed by atoms with Crippen molar-refractivity contribution in [1.82, 2.24) is 9.97 Å². The van der Waals surface area contributed by atoms with Gasteiger partial charge in [0.2, 0.25) is 5.88 Å². The summed E-state index contributed by atoms with van der Waals surface area (Å²) in [6, 6.07) is 0. The molecule has 0 bridgehead atoms. The molecule has 0 aromatic carbocycles. The highest BCUT2D eigenvalue weighted by Gasteiger charge is 2.21. The van der Waals surface area contributed by atoms with Crippen LogP contribution in [0.3, 0.4) is 0 Å². The molecule has 0 radical (unpaired) electrons. The Balaban J connectivity index is 3.19. The molecule has 96 valence electrons. The van der Waals surface area contributed by atoms with Crippen LogP contribution < -0.4 is 16.0 Å². The standard InChI is InChI=1S/C11H20N4O2/c1-7-8(15-12)13-10(11(2,3)4)14-9(7)17-6-5-16/h16H,5-6,12H2,1-4H3,(H,13,14,15). The van der Waals surface area contributed by atoms with Gasteiger partial charge in [0.15, 0.2) is 5.82 Å². The molecule has 0 aliphatic heterocycles. The van der Waals surface area contributed by atoms with Crippen molar-refractivity contribution in [1.29, 1.82) is 0 Å². The van der Waals surface area contributed by atoms with E-state index in [1.807, 2.05) is 27.7 Å². The van der Waals surface area contributed by atoms with Crippen LogP contribution in [0.1, 0.15) is 32.2 Å². The molecule has 6 heteroatoms. The van der Waals surface area contributed by atoms with Crippen LogP contribution in [0, 0.1) is 6.92 Å². The number of hydrogen-bond donors (Lipinski definition) is 3. The third-order valence-electron chi connectivity index (χ3n) is 2.24. The summed E-state index contributed by atoms with van der Waals surface area (Å²) in [5.41, 5.74) is 3.06. The zero-order valence-electron chi connectivity index (χ0n) is 10.7. The molecular formula is C11H20N4O2. The fraction of sp³-hybridized carbons (Fsp3) is 0.636. The lowest BCUT2D eigenvalue weighted by molar-refractivity contribution is 0.195. The SMILES string of the molecule is Cc1c(NN)nc(C(C)(C)C)nc1OCCO. The average Bonchev–Trinajstić information content (AvgIpc) is 2.26. The molecule has 1 aromatic rings. The van der Waals surface area contributed by atoms with Crippen LogP contribution in [0.15, 0.2) is 0 Å². The summed E-state index contributed by atoms with van der Waals surface area (Å²) < 4.78 is 5.37. The lowest BCUT2D eigenvalue weighted by Gasteiger charge is -2.20. The maximum atomic E-state index is 8.77. The number of nitrogen functional groups attached to an aromatic ring is 1. The Morgan fingerprint density at radius 1 is 1.35 bits per heavy atom. The van der Waals surface area contributed by atoms with Gasteiger partial charge >= 0.3 is 0 Å². The van der Waals surface area contributed by atoms with E-state index in [1.165, 1.54) is 0 Å². The molecule has 0 saturated carbocycles. The number of rotatable bonds is 4. The highest BCUT2D eigenvalue weighted by Crippen LogP contribution is 2.26. The quantitative estimate of drug-likeness (QED) is 0.531. The summed E-state index contributed by atoms with van der Waals surface area (Å²) in [5, 5.41) is 8.77. The van der Waals surface area contributed by atoms with Gasteiger partial charge in [0.25, 0.3) is 0 Å². The van der Waals surface area contributed by atoms with Crippen LogP contribution in [0.4, 0.5) is 5.82 Å². The van der Waals surface area contributed by atoms with E-state index in [-0.39, 0.29) is 18.6 Å². The molecule has 1 rings (SSSR count). The molecule has 17 heavy (non-hydrogen) atoms. The highest BCUT2D eigenvalue weighted by atomic mass is 16.5. The second-order valence-corrected chi connectivity index (χ2v) is 4.79. The van der Waals surface area contributed by atoms with Gasteiger partial charge in [-0.2, -0.15) is 4.98 Å². The number of aromatic nitrogens is 2.